The number of nitrogens with one attached hydrogen (secondary N) is 1. The van der Waals surface area contributed by atoms with Crippen molar-refractivity contribution in [3.8, 4) is 0 Å². The summed E-state index contributed by atoms with van der Waals surface area (Å²) >= 11 is 0. The Morgan fingerprint density at radius 3 is 2.93 bits per heavy atom. The van der Waals surface area contributed by atoms with Crippen molar-refractivity contribution in [1.29, 1.82) is 0 Å². The molecule has 0 radical (unpaired) electrons. The Morgan fingerprint density at radius 1 is 1.47 bits per heavy atom. The van der Waals surface area contributed by atoms with Crippen LogP contribution in [-0.2, 0) is 9.59 Å². The van der Waals surface area contributed by atoms with E-state index in [1.165, 1.54) is 6.92 Å². The Labute approximate surface area is 88.8 Å². The van der Waals surface area contributed by atoms with Crippen LogP contribution < -0.4 is 5.32 Å². The highest BCUT2D eigenvalue weighted by Gasteiger charge is 1.94. The van der Waals surface area contributed by atoms with E-state index in [2.05, 4.69) is 5.32 Å². The summed E-state index contributed by atoms with van der Waals surface area (Å²) in [7, 11) is 0. The molecule has 1 amide bonds. The van der Waals surface area contributed by atoms with Gasteiger partial charge < -0.3 is 10.1 Å². The molecule has 1 aromatic carbocycles. The number of allylic oxidation sites excluding steroid dienone is 1. The molecule has 15 heavy (non-hydrogen) atoms. The molecule has 3 nitrogen and oxygen atoms in total. The van der Waals surface area contributed by atoms with E-state index in [1.807, 2.05) is 30.3 Å². The van der Waals surface area contributed by atoms with E-state index in [9.17, 15) is 9.59 Å². The largest absolute Gasteiger partial charge is 0.326 e. The van der Waals surface area contributed by atoms with Crippen LogP contribution in [0, 0.1) is 0 Å². The first-order valence-corrected chi connectivity index (χ1v) is 4.70. The molecule has 0 spiro atoms. The summed E-state index contributed by atoms with van der Waals surface area (Å²) in [6.07, 6.45) is 4.87. The van der Waals surface area contributed by atoms with Gasteiger partial charge in [-0.1, -0.05) is 24.3 Å². The fourth-order valence-electron chi connectivity index (χ4n) is 1.18. The fourth-order valence-corrected chi connectivity index (χ4v) is 1.18. The number of anilines is 1. The Kier molecular flexibility index (Phi) is 4.29. The van der Waals surface area contributed by atoms with Gasteiger partial charge in [-0.15, -0.1) is 0 Å². The molecule has 0 atom stereocenters. The smallest absolute Gasteiger partial charge is 0.221 e. The van der Waals surface area contributed by atoms with Gasteiger partial charge >= 0.3 is 0 Å². The Bertz CT molecular complexity index is 383. The second-order valence-electron chi connectivity index (χ2n) is 3.11. The van der Waals surface area contributed by atoms with Crippen LogP contribution in [-0.4, -0.2) is 12.2 Å². The highest BCUT2D eigenvalue weighted by atomic mass is 16.1. The van der Waals surface area contributed by atoms with Crippen molar-refractivity contribution in [3.63, 3.8) is 0 Å². The SMILES string of the molecule is CC(=O)Nc1cccc(C=CCC=O)c1. The van der Waals surface area contributed by atoms with Gasteiger partial charge in [0.15, 0.2) is 0 Å². The number of hydrogen-bond donors (Lipinski definition) is 1. The third-order valence-corrected chi connectivity index (χ3v) is 1.75. The summed E-state index contributed by atoms with van der Waals surface area (Å²) < 4.78 is 0. The van der Waals surface area contributed by atoms with Crippen LogP contribution in [0.2, 0.25) is 0 Å². The molecule has 0 bridgehead atoms. The van der Waals surface area contributed by atoms with Crippen molar-refractivity contribution in [1.82, 2.24) is 0 Å². The average molecular weight is 203 g/mol. The van der Waals surface area contributed by atoms with Gasteiger partial charge in [-0.05, 0) is 17.7 Å². The summed E-state index contributed by atoms with van der Waals surface area (Å²) in [5.74, 6) is -0.0935. The van der Waals surface area contributed by atoms with Crippen molar-refractivity contribution in [2.45, 2.75) is 13.3 Å². The van der Waals surface area contributed by atoms with Crippen molar-refractivity contribution >= 4 is 24.0 Å². The summed E-state index contributed by atoms with van der Waals surface area (Å²) in [6, 6.07) is 7.43. The Hall–Kier alpha value is -1.90. The van der Waals surface area contributed by atoms with Crippen molar-refractivity contribution in [2.75, 3.05) is 5.32 Å². The Morgan fingerprint density at radius 2 is 2.27 bits per heavy atom. The minimum atomic E-state index is -0.0935. The van der Waals surface area contributed by atoms with Gasteiger partial charge in [0.2, 0.25) is 5.91 Å². The number of rotatable bonds is 4. The van der Waals surface area contributed by atoms with Crippen molar-refractivity contribution < 1.29 is 9.59 Å². The van der Waals surface area contributed by atoms with Crippen LogP contribution in [0.3, 0.4) is 0 Å². The number of carbonyl (C=O) groups is 2. The molecule has 0 unspecified atom stereocenters. The first kappa shape index (κ1) is 11.2. The summed E-state index contributed by atoms with van der Waals surface area (Å²) in [6.45, 7) is 1.47. The summed E-state index contributed by atoms with van der Waals surface area (Å²) in [5, 5.41) is 2.69. The van der Waals surface area contributed by atoms with Crippen LogP contribution in [0.4, 0.5) is 5.69 Å². The molecular formula is C12H13NO2. The summed E-state index contributed by atoms with van der Waals surface area (Å²) in [4.78, 5) is 20.9. The maximum atomic E-state index is 10.8. The van der Waals surface area contributed by atoms with E-state index in [0.29, 0.717) is 6.42 Å². The number of carbonyl (C=O) groups excluding carboxylic acids is 2. The molecule has 0 saturated heterocycles. The van der Waals surface area contributed by atoms with Gasteiger partial charge in [-0.2, -0.15) is 0 Å². The van der Waals surface area contributed by atoms with Crippen LogP contribution in [0.15, 0.2) is 30.3 Å². The summed E-state index contributed by atoms with van der Waals surface area (Å²) in [5.41, 5.74) is 1.72. The van der Waals surface area contributed by atoms with Crippen molar-refractivity contribution in [3.05, 3.63) is 35.9 Å². The lowest BCUT2D eigenvalue weighted by Crippen LogP contribution is -2.05. The van der Waals surface area contributed by atoms with Gasteiger partial charge in [-0.3, -0.25) is 4.79 Å². The topological polar surface area (TPSA) is 46.2 Å². The molecule has 0 aliphatic heterocycles. The van der Waals surface area contributed by atoms with Gasteiger partial charge in [-0.25, -0.2) is 0 Å². The van der Waals surface area contributed by atoms with Crippen LogP contribution in [0.1, 0.15) is 18.9 Å². The molecule has 0 fully saturated rings. The van der Waals surface area contributed by atoms with E-state index in [4.69, 9.17) is 0 Å². The molecule has 1 N–H and O–H groups in total. The lowest BCUT2D eigenvalue weighted by atomic mass is 10.2. The number of amides is 1. The molecule has 0 saturated carbocycles. The van der Waals surface area contributed by atoms with Crippen LogP contribution in [0.5, 0.6) is 0 Å². The molecule has 0 aliphatic carbocycles. The quantitative estimate of drug-likeness (QED) is 0.763. The molecule has 3 heteroatoms. The normalized spacial score (nSPS) is 10.2. The molecule has 0 aliphatic rings. The highest BCUT2D eigenvalue weighted by Crippen LogP contribution is 2.11. The second kappa shape index (κ2) is 5.75. The average Bonchev–Trinajstić information content (AvgIpc) is 2.18. The highest BCUT2D eigenvalue weighted by molar-refractivity contribution is 5.88. The zero-order valence-electron chi connectivity index (χ0n) is 8.57. The minimum Gasteiger partial charge on any atom is -0.326 e. The van der Waals surface area contributed by atoms with E-state index < -0.39 is 0 Å². The monoisotopic (exact) mass is 203 g/mol. The zero-order valence-corrected chi connectivity index (χ0v) is 8.57. The van der Waals surface area contributed by atoms with E-state index in [0.717, 1.165) is 17.5 Å². The maximum Gasteiger partial charge on any atom is 0.221 e. The van der Waals surface area contributed by atoms with E-state index >= 15 is 0 Å². The molecule has 1 rings (SSSR count). The van der Waals surface area contributed by atoms with Gasteiger partial charge in [0.1, 0.15) is 6.29 Å². The van der Waals surface area contributed by atoms with E-state index in [-0.39, 0.29) is 5.91 Å². The van der Waals surface area contributed by atoms with Crippen LogP contribution >= 0.6 is 0 Å². The first-order chi connectivity index (χ1) is 7.22. The van der Waals surface area contributed by atoms with Gasteiger partial charge in [0.25, 0.3) is 0 Å². The third kappa shape index (κ3) is 4.22. The number of aldehydes is 1. The molecule has 0 heterocycles. The molecule has 1 aromatic rings. The predicted octanol–water partition coefficient (Wildman–Crippen LogP) is 2.25. The number of hydrogen-bond acceptors (Lipinski definition) is 2. The fraction of sp³-hybridized carbons (Fsp3) is 0.167. The second-order valence-corrected chi connectivity index (χ2v) is 3.11. The lowest BCUT2D eigenvalue weighted by Gasteiger charge is -2.02. The predicted molar refractivity (Wildman–Crippen MR) is 60.5 cm³/mol. The third-order valence-electron chi connectivity index (χ3n) is 1.75. The number of benzene rings is 1. The van der Waals surface area contributed by atoms with Gasteiger partial charge in [0, 0.05) is 19.0 Å². The minimum absolute atomic E-state index is 0.0935. The maximum absolute atomic E-state index is 10.8. The molecular weight excluding hydrogens is 190 g/mol. The van der Waals surface area contributed by atoms with Crippen molar-refractivity contribution in [2.24, 2.45) is 0 Å². The molecule has 0 aromatic heterocycles. The van der Waals surface area contributed by atoms with Gasteiger partial charge in [0.05, 0.1) is 0 Å². The first-order valence-electron chi connectivity index (χ1n) is 4.70. The van der Waals surface area contributed by atoms with E-state index in [1.54, 1.807) is 6.08 Å². The lowest BCUT2D eigenvalue weighted by molar-refractivity contribution is -0.114. The standard InChI is InChI=1S/C12H13NO2/c1-10(15)13-12-7-4-6-11(9-12)5-2-3-8-14/h2,4-9H,3H2,1H3,(H,13,15). The Balaban J connectivity index is 2.73. The molecule has 78 valence electrons. The zero-order chi connectivity index (χ0) is 11.1. The van der Waals surface area contributed by atoms with Crippen LogP contribution in [0.25, 0.3) is 6.08 Å².